The zero-order chi connectivity index (χ0) is 23.9. The van der Waals surface area contributed by atoms with Crippen LogP contribution in [-0.4, -0.2) is 33.3 Å². The number of H-pyrrole nitrogens is 1. The molecule has 174 valence electrons. The average molecular weight is 478 g/mol. The molecule has 0 saturated heterocycles. The van der Waals surface area contributed by atoms with E-state index in [1.54, 1.807) is 43.6 Å². The Bertz CT molecular complexity index is 1350. The number of Topliss-reactive ketones (excluding diaryl/α,β-unsaturated/α-hetero) is 1. The number of nitrogens with zero attached hydrogens (tertiary/aromatic N) is 2. The minimum atomic E-state index is -0.360. The first-order valence-electron chi connectivity index (χ1n) is 10.8. The van der Waals surface area contributed by atoms with Crippen molar-refractivity contribution >= 4 is 33.3 Å². The lowest BCUT2D eigenvalue weighted by Crippen LogP contribution is -2.16. The van der Waals surface area contributed by atoms with E-state index < -0.39 is 0 Å². The molecule has 0 fully saturated rings. The molecule has 0 bridgehead atoms. The predicted octanol–water partition coefficient (Wildman–Crippen LogP) is 4.09. The Morgan fingerprint density at radius 1 is 1.09 bits per heavy atom. The van der Waals surface area contributed by atoms with Crippen LogP contribution in [0.2, 0.25) is 0 Å². The van der Waals surface area contributed by atoms with Crippen molar-refractivity contribution in [1.82, 2.24) is 15.0 Å². The smallest absolute Gasteiger partial charge is 0.338 e. The molecule has 0 aliphatic carbocycles. The number of ketones is 1. The number of rotatable bonds is 10. The normalized spacial score (nSPS) is 11.0. The van der Waals surface area contributed by atoms with Gasteiger partial charge in [0.25, 0.3) is 5.56 Å². The Kier molecular flexibility index (Phi) is 7.56. The fourth-order valence-corrected chi connectivity index (χ4v) is 4.32. The molecule has 3 aromatic heterocycles. The number of esters is 1. The fourth-order valence-electron chi connectivity index (χ4n) is 3.40. The largest absolute Gasteiger partial charge is 0.462 e. The van der Waals surface area contributed by atoms with E-state index >= 15 is 0 Å². The number of hydrogen-bond acceptors (Lipinski definition) is 8. The SMILES string of the molecule is CCOC(=O)c1ccc(COCc2csc3nc(C(=O)CCc4cccnc4)[nH]c(=O)c23)cc1. The molecule has 4 aromatic rings. The Hall–Kier alpha value is -3.69. The molecule has 34 heavy (non-hydrogen) atoms. The lowest BCUT2D eigenvalue weighted by Gasteiger charge is -2.06. The van der Waals surface area contributed by atoms with Crippen molar-refractivity contribution in [1.29, 1.82) is 0 Å². The van der Waals surface area contributed by atoms with Gasteiger partial charge in [-0.05, 0) is 48.1 Å². The Balaban J connectivity index is 1.38. The molecule has 0 unspecified atom stereocenters. The zero-order valence-electron chi connectivity index (χ0n) is 18.6. The fraction of sp³-hybridized carbons (Fsp3) is 0.240. The number of thiophene rings is 1. The molecule has 0 amide bonds. The number of aromatic amines is 1. The quantitative estimate of drug-likeness (QED) is 0.270. The van der Waals surface area contributed by atoms with E-state index in [1.165, 1.54) is 11.3 Å². The van der Waals surface area contributed by atoms with Gasteiger partial charge in [-0.2, -0.15) is 0 Å². The minimum Gasteiger partial charge on any atom is -0.462 e. The van der Waals surface area contributed by atoms with Crippen molar-refractivity contribution in [2.45, 2.75) is 33.0 Å². The number of hydrogen-bond donors (Lipinski definition) is 1. The van der Waals surface area contributed by atoms with Gasteiger partial charge in [-0.25, -0.2) is 9.78 Å². The van der Waals surface area contributed by atoms with Crippen LogP contribution >= 0.6 is 11.3 Å². The summed E-state index contributed by atoms with van der Waals surface area (Å²) in [5, 5.41) is 2.26. The molecule has 0 aliphatic heterocycles. The summed E-state index contributed by atoms with van der Waals surface area (Å²) in [5.41, 5.74) is 2.68. The van der Waals surface area contributed by atoms with Crippen molar-refractivity contribution in [3.8, 4) is 0 Å². The number of pyridine rings is 1. The molecule has 1 aromatic carbocycles. The Labute approximate surface area is 199 Å². The van der Waals surface area contributed by atoms with E-state index in [9.17, 15) is 14.4 Å². The predicted molar refractivity (Wildman–Crippen MR) is 128 cm³/mol. The number of aryl methyl sites for hydroxylation is 1. The first-order valence-corrected chi connectivity index (χ1v) is 11.7. The van der Waals surface area contributed by atoms with Crippen LogP contribution in [0.4, 0.5) is 0 Å². The highest BCUT2D eigenvalue weighted by atomic mass is 32.1. The van der Waals surface area contributed by atoms with Gasteiger partial charge in [0.1, 0.15) is 4.83 Å². The van der Waals surface area contributed by atoms with Gasteiger partial charge in [0.05, 0.1) is 30.8 Å². The first-order chi connectivity index (χ1) is 16.5. The second kappa shape index (κ2) is 11.0. The maximum Gasteiger partial charge on any atom is 0.338 e. The summed E-state index contributed by atoms with van der Waals surface area (Å²) in [7, 11) is 0. The van der Waals surface area contributed by atoms with E-state index in [4.69, 9.17) is 9.47 Å². The average Bonchev–Trinajstić information content (AvgIpc) is 3.27. The third-order valence-electron chi connectivity index (χ3n) is 5.14. The number of benzene rings is 1. The van der Waals surface area contributed by atoms with Crippen LogP contribution in [0.25, 0.3) is 10.2 Å². The van der Waals surface area contributed by atoms with Crippen molar-refractivity contribution in [2.24, 2.45) is 0 Å². The van der Waals surface area contributed by atoms with Crippen LogP contribution in [-0.2, 0) is 29.1 Å². The number of carbonyl (C=O) groups excluding carboxylic acids is 2. The topological polar surface area (TPSA) is 111 Å². The Morgan fingerprint density at radius 3 is 2.65 bits per heavy atom. The van der Waals surface area contributed by atoms with Gasteiger partial charge >= 0.3 is 5.97 Å². The van der Waals surface area contributed by atoms with Gasteiger partial charge < -0.3 is 14.5 Å². The molecule has 0 spiro atoms. The van der Waals surface area contributed by atoms with Crippen molar-refractivity contribution in [2.75, 3.05) is 6.61 Å². The van der Waals surface area contributed by atoms with E-state index in [0.717, 1.165) is 11.1 Å². The van der Waals surface area contributed by atoms with E-state index in [1.807, 2.05) is 17.5 Å². The molecule has 0 saturated carbocycles. The molecule has 3 heterocycles. The summed E-state index contributed by atoms with van der Waals surface area (Å²) in [6, 6.07) is 10.7. The van der Waals surface area contributed by atoms with Crippen LogP contribution in [0.5, 0.6) is 0 Å². The number of carbonyl (C=O) groups is 2. The molecule has 0 radical (unpaired) electrons. The lowest BCUT2D eigenvalue weighted by molar-refractivity contribution is 0.0526. The second-order valence-corrected chi connectivity index (χ2v) is 8.41. The molecule has 9 heteroatoms. The molecule has 8 nitrogen and oxygen atoms in total. The van der Waals surface area contributed by atoms with Gasteiger partial charge in [0.2, 0.25) is 0 Å². The zero-order valence-corrected chi connectivity index (χ0v) is 19.4. The van der Waals surface area contributed by atoms with E-state index in [-0.39, 0.29) is 36.2 Å². The van der Waals surface area contributed by atoms with Crippen LogP contribution in [0.3, 0.4) is 0 Å². The van der Waals surface area contributed by atoms with E-state index in [0.29, 0.717) is 41.0 Å². The number of fused-ring (bicyclic) bond motifs is 1. The molecular weight excluding hydrogens is 454 g/mol. The lowest BCUT2D eigenvalue weighted by atomic mass is 10.1. The highest BCUT2D eigenvalue weighted by molar-refractivity contribution is 7.16. The van der Waals surface area contributed by atoms with Crippen LogP contribution in [0.1, 0.15) is 51.0 Å². The third kappa shape index (κ3) is 5.62. The summed E-state index contributed by atoms with van der Waals surface area (Å²) in [6.07, 6.45) is 4.15. The maximum atomic E-state index is 12.7. The van der Waals surface area contributed by atoms with Gasteiger partial charge in [-0.3, -0.25) is 14.6 Å². The van der Waals surface area contributed by atoms with Crippen LogP contribution in [0, 0.1) is 0 Å². The summed E-state index contributed by atoms with van der Waals surface area (Å²) >= 11 is 1.31. The van der Waals surface area contributed by atoms with Gasteiger partial charge in [0, 0.05) is 24.4 Å². The van der Waals surface area contributed by atoms with Crippen LogP contribution < -0.4 is 5.56 Å². The summed E-state index contributed by atoms with van der Waals surface area (Å²) < 4.78 is 10.8. The molecular formula is C25H23N3O5S. The third-order valence-corrected chi connectivity index (χ3v) is 6.06. The molecule has 0 atom stereocenters. The van der Waals surface area contributed by atoms with Crippen LogP contribution in [0.15, 0.2) is 59.0 Å². The highest BCUT2D eigenvalue weighted by Gasteiger charge is 2.16. The molecule has 4 rings (SSSR count). The Morgan fingerprint density at radius 2 is 1.91 bits per heavy atom. The molecule has 0 aliphatic rings. The van der Waals surface area contributed by atoms with E-state index in [2.05, 4.69) is 15.0 Å². The maximum absolute atomic E-state index is 12.7. The van der Waals surface area contributed by atoms with Crippen molar-refractivity contribution in [3.63, 3.8) is 0 Å². The monoisotopic (exact) mass is 477 g/mol. The first kappa shape index (κ1) is 23.5. The second-order valence-electron chi connectivity index (χ2n) is 7.55. The van der Waals surface area contributed by atoms with Gasteiger partial charge in [0.15, 0.2) is 11.6 Å². The number of nitrogens with one attached hydrogen (secondary N) is 1. The number of aromatic nitrogens is 3. The summed E-state index contributed by atoms with van der Waals surface area (Å²) in [5.74, 6) is -0.515. The minimum absolute atomic E-state index is 0.0670. The standard InChI is InChI=1S/C25H23N3O5S/c1-2-33-25(31)18-8-5-17(6-9-18)13-32-14-19-15-34-24-21(19)23(30)27-22(28-24)20(29)10-7-16-4-3-11-26-12-16/h3-6,8-9,11-12,15H,2,7,10,13-14H2,1H3,(H,27,28,30). The van der Waals surface area contributed by atoms with Gasteiger partial charge in [-0.1, -0.05) is 18.2 Å². The van der Waals surface area contributed by atoms with Crippen molar-refractivity contribution < 1.29 is 19.1 Å². The van der Waals surface area contributed by atoms with Gasteiger partial charge in [-0.15, -0.1) is 11.3 Å². The summed E-state index contributed by atoms with van der Waals surface area (Å²) in [4.78, 5) is 48.5. The molecule has 1 N–H and O–H groups in total. The van der Waals surface area contributed by atoms with Crippen molar-refractivity contribution in [3.05, 3.63) is 92.6 Å². The number of ether oxygens (including phenoxy) is 2. The highest BCUT2D eigenvalue weighted by Crippen LogP contribution is 2.22. The summed E-state index contributed by atoms with van der Waals surface area (Å²) in [6.45, 7) is 2.63.